The van der Waals surface area contributed by atoms with E-state index in [4.69, 9.17) is 11.6 Å². The minimum absolute atomic E-state index is 0.357. The quantitative estimate of drug-likeness (QED) is 0.707. The van der Waals surface area contributed by atoms with Crippen LogP contribution in [0.15, 0.2) is 48.5 Å². The second kappa shape index (κ2) is 8.35. The zero-order valence-corrected chi connectivity index (χ0v) is 16.4. The molecule has 1 N–H and O–H groups in total. The van der Waals surface area contributed by atoms with Crippen LogP contribution in [0.4, 0.5) is 11.4 Å². The first-order valence-corrected chi connectivity index (χ1v) is 10.5. The van der Waals surface area contributed by atoms with Crippen molar-refractivity contribution in [3.05, 3.63) is 59.1 Å². The van der Waals surface area contributed by atoms with E-state index in [9.17, 15) is 4.79 Å². The maximum absolute atomic E-state index is 12.1. The van der Waals surface area contributed by atoms with E-state index >= 15 is 0 Å². The van der Waals surface area contributed by atoms with Crippen molar-refractivity contribution in [1.29, 1.82) is 0 Å². The molecule has 1 saturated carbocycles. The van der Waals surface area contributed by atoms with E-state index in [1.807, 2.05) is 36.4 Å². The van der Waals surface area contributed by atoms with Gasteiger partial charge in [-0.3, -0.25) is 4.79 Å². The van der Waals surface area contributed by atoms with Crippen LogP contribution in [-0.4, -0.2) is 23.4 Å². The average Bonchev–Trinajstić information content (AvgIpc) is 3.11. The molecule has 0 bridgehead atoms. The number of rotatable bonds is 5. The van der Waals surface area contributed by atoms with Gasteiger partial charge < -0.3 is 10.2 Å². The van der Waals surface area contributed by atoms with Crippen LogP contribution in [0.25, 0.3) is 0 Å². The van der Waals surface area contributed by atoms with Crippen molar-refractivity contribution in [2.75, 3.05) is 11.9 Å². The molecule has 2 aromatic rings. The van der Waals surface area contributed by atoms with Gasteiger partial charge in [0.05, 0.1) is 0 Å². The van der Waals surface area contributed by atoms with E-state index in [-0.39, 0.29) is 0 Å². The summed E-state index contributed by atoms with van der Waals surface area (Å²) in [4.78, 5) is 14.2. The van der Waals surface area contributed by atoms with Crippen molar-refractivity contribution in [2.45, 2.75) is 51.0 Å². The summed E-state index contributed by atoms with van der Waals surface area (Å²) in [5, 5.41) is 4.22. The minimum atomic E-state index is 0.357. The Bertz CT molecular complexity index is 792. The molecular formula is C23H27ClN2O. The number of para-hydroxylation sites is 1. The van der Waals surface area contributed by atoms with Gasteiger partial charge in [0.25, 0.3) is 0 Å². The van der Waals surface area contributed by atoms with Crippen LogP contribution in [0.2, 0.25) is 5.02 Å². The zero-order valence-electron chi connectivity index (χ0n) is 15.7. The average molecular weight is 383 g/mol. The summed E-state index contributed by atoms with van der Waals surface area (Å²) in [5.74, 6) is 0.970. The predicted octanol–water partition coefficient (Wildman–Crippen LogP) is 5.81. The maximum Gasteiger partial charge on any atom is 0.222 e. The van der Waals surface area contributed by atoms with Crippen LogP contribution in [0, 0.1) is 5.92 Å². The fraction of sp³-hybridized carbons (Fsp3) is 0.435. The second-order valence-corrected chi connectivity index (χ2v) is 8.29. The molecule has 142 valence electrons. The Labute approximate surface area is 166 Å². The third-order valence-corrected chi connectivity index (χ3v) is 6.28. The molecule has 1 amide bonds. The van der Waals surface area contributed by atoms with Gasteiger partial charge in [0.2, 0.25) is 5.91 Å². The Morgan fingerprint density at radius 3 is 2.63 bits per heavy atom. The molecular weight excluding hydrogens is 356 g/mol. The monoisotopic (exact) mass is 382 g/mol. The Morgan fingerprint density at radius 2 is 1.89 bits per heavy atom. The molecule has 0 aromatic heterocycles. The maximum atomic E-state index is 12.1. The first-order chi connectivity index (χ1) is 13.2. The van der Waals surface area contributed by atoms with Crippen molar-refractivity contribution in [2.24, 2.45) is 5.92 Å². The molecule has 4 heteroatoms. The number of likely N-dealkylation sites (tertiary alicyclic amines) is 1. The van der Waals surface area contributed by atoms with E-state index in [1.165, 1.54) is 18.4 Å². The van der Waals surface area contributed by atoms with Crippen LogP contribution in [-0.2, 0) is 11.2 Å². The highest BCUT2D eigenvalue weighted by Crippen LogP contribution is 2.34. The molecule has 1 aliphatic heterocycles. The summed E-state index contributed by atoms with van der Waals surface area (Å²) >= 11 is 6.60. The summed E-state index contributed by atoms with van der Waals surface area (Å²) in [5.41, 5.74) is 3.29. The van der Waals surface area contributed by atoms with Crippen LogP contribution in [0.3, 0.4) is 0 Å². The summed E-state index contributed by atoms with van der Waals surface area (Å²) < 4.78 is 0. The molecule has 1 aliphatic carbocycles. The number of carbonyl (C=O) groups is 1. The van der Waals surface area contributed by atoms with E-state index in [1.54, 1.807) is 0 Å². The highest BCUT2D eigenvalue weighted by molar-refractivity contribution is 6.31. The van der Waals surface area contributed by atoms with E-state index in [2.05, 4.69) is 22.3 Å². The van der Waals surface area contributed by atoms with E-state index < -0.39 is 0 Å². The molecule has 3 nitrogen and oxygen atoms in total. The first kappa shape index (κ1) is 18.4. The third kappa shape index (κ3) is 4.47. The van der Waals surface area contributed by atoms with Gasteiger partial charge in [-0.15, -0.1) is 0 Å². The molecule has 4 rings (SSSR count). The minimum Gasteiger partial charge on any atom is -0.355 e. The summed E-state index contributed by atoms with van der Waals surface area (Å²) in [6, 6.07) is 16.9. The SMILES string of the molecule is O=C1CCCN1C1CCCC(Cc2ccc(Nc3ccccc3)cc2Cl)C1. The molecule has 2 aromatic carbocycles. The van der Waals surface area contributed by atoms with Crippen molar-refractivity contribution in [1.82, 2.24) is 4.90 Å². The lowest BCUT2D eigenvalue weighted by Gasteiger charge is -2.35. The van der Waals surface area contributed by atoms with Gasteiger partial charge in [0, 0.05) is 35.4 Å². The number of amides is 1. The van der Waals surface area contributed by atoms with Gasteiger partial charge in [0.1, 0.15) is 0 Å². The van der Waals surface area contributed by atoms with Gasteiger partial charge in [-0.05, 0) is 67.9 Å². The number of anilines is 2. The first-order valence-electron chi connectivity index (χ1n) is 10.1. The molecule has 2 fully saturated rings. The molecule has 2 atom stereocenters. The lowest BCUT2D eigenvalue weighted by Crippen LogP contribution is -2.39. The topological polar surface area (TPSA) is 32.3 Å². The summed E-state index contributed by atoms with van der Waals surface area (Å²) in [6.07, 6.45) is 7.50. The largest absolute Gasteiger partial charge is 0.355 e. The predicted molar refractivity (Wildman–Crippen MR) is 112 cm³/mol. The van der Waals surface area contributed by atoms with E-state index in [0.717, 1.165) is 55.0 Å². The van der Waals surface area contributed by atoms with Crippen LogP contribution < -0.4 is 5.32 Å². The fourth-order valence-corrected chi connectivity index (χ4v) is 4.83. The highest BCUT2D eigenvalue weighted by Gasteiger charge is 2.32. The van der Waals surface area contributed by atoms with Crippen LogP contribution in [0.5, 0.6) is 0 Å². The molecule has 2 aliphatic rings. The smallest absolute Gasteiger partial charge is 0.222 e. The summed E-state index contributed by atoms with van der Waals surface area (Å²) in [6.45, 7) is 0.955. The Kier molecular flexibility index (Phi) is 5.68. The van der Waals surface area contributed by atoms with Crippen LogP contribution in [0.1, 0.15) is 44.1 Å². The van der Waals surface area contributed by atoms with E-state index in [0.29, 0.717) is 17.9 Å². The van der Waals surface area contributed by atoms with Crippen LogP contribution >= 0.6 is 11.6 Å². The van der Waals surface area contributed by atoms with Crippen molar-refractivity contribution < 1.29 is 4.79 Å². The lowest BCUT2D eigenvalue weighted by molar-refractivity contribution is -0.130. The molecule has 1 saturated heterocycles. The molecule has 0 radical (unpaired) electrons. The van der Waals surface area contributed by atoms with Crippen molar-refractivity contribution in [3.8, 4) is 0 Å². The van der Waals surface area contributed by atoms with Crippen molar-refractivity contribution >= 4 is 28.9 Å². The Hall–Kier alpha value is -2.00. The van der Waals surface area contributed by atoms with Gasteiger partial charge in [0.15, 0.2) is 0 Å². The van der Waals surface area contributed by atoms with Crippen molar-refractivity contribution in [3.63, 3.8) is 0 Å². The Morgan fingerprint density at radius 1 is 1.04 bits per heavy atom. The zero-order chi connectivity index (χ0) is 18.6. The number of hydrogen-bond donors (Lipinski definition) is 1. The fourth-order valence-electron chi connectivity index (χ4n) is 4.58. The van der Waals surface area contributed by atoms with Gasteiger partial charge in [-0.2, -0.15) is 0 Å². The normalized spacial score (nSPS) is 22.9. The number of benzene rings is 2. The van der Waals surface area contributed by atoms with Gasteiger partial charge in [-0.1, -0.05) is 42.3 Å². The Balaban J connectivity index is 1.39. The lowest BCUT2D eigenvalue weighted by atomic mass is 9.81. The highest BCUT2D eigenvalue weighted by atomic mass is 35.5. The molecule has 2 unspecified atom stereocenters. The molecule has 0 spiro atoms. The summed E-state index contributed by atoms with van der Waals surface area (Å²) in [7, 11) is 0. The molecule has 1 heterocycles. The molecule has 27 heavy (non-hydrogen) atoms. The third-order valence-electron chi connectivity index (χ3n) is 5.93. The standard InChI is InChI=1S/C23H27ClN2O/c24-22-16-20(25-19-7-2-1-3-8-19)12-11-18(22)14-17-6-4-9-21(15-17)26-13-5-10-23(26)27/h1-3,7-8,11-12,16-17,21,25H,4-6,9-10,13-15H2. The van der Waals surface area contributed by atoms with Gasteiger partial charge in [-0.25, -0.2) is 0 Å². The number of nitrogens with zero attached hydrogens (tertiary/aromatic N) is 1. The number of nitrogens with one attached hydrogen (secondary N) is 1. The second-order valence-electron chi connectivity index (χ2n) is 7.88. The van der Waals surface area contributed by atoms with Gasteiger partial charge >= 0.3 is 0 Å². The number of halogens is 1. The number of carbonyl (C=O) groups excluding carboxylic acids is 1. The number of hydrogen-bond acceptors (Lipinski definition) is 2.